The second kappa shape index (κ2) is 10.3. The van der Waals surface area contributed by atoms with Gasteiger partial charge in [-0.2, -0.15) is 0 Å². The fourth-order valence-corrected chi connectivity index (χ4v) is 4.67. The number of nitrogens with one attached hydrogen (secondary N) is 3. The number of para-hydroxylation sites is 3. The SMILES string of the molecule is [CH2]c1ccc(N2CC(Nc3ccccc3)C(Nc3ccccc3)C(Nc3ccccc3)C2)cc1. The zero-order chi connectivity index (χ0) is 23.2. The molecule has 2 unspecified atom stereocenters. The molecule has 2 atom stereocenters. The van der Waals surface area contributed by atoms with Crippen LogP contribution in [0.25, 0.3) is 0 Å². The van der Waals surface area contributed by atoms with Crippen LogP contribution in [0.2, 0.25) is 0 Å². The number of rotatable bonds is 7. The van der Waals surface area contributed by atoms with Crippen LogP contribution in [0, 0.1) is 6.92 Å². The Kier molecular flexibility index (Phi) is 6.66. The summed E-state index contributed by atoms with van der Waals surface area (Å²) in [5.41, 5.74) is 5.62. The Morgan fingerprint density at radius 3 is 1.38 bits per heavy atom. The highest BCUT2D eigenvalue weighted by atomic mass is 15.2. The van der Waals surface area contributed by atoms with Crippen LogP contribution >= 0.6 is 0 Å². The van der Waals surface area contributed by atoms with Crippen LogP contribution in [0.15, 0.2) is 115 Å². The van der Waals surface area contributed by atoms with Crippen molar-refractivity contribution in [3.05, 3.63) is 128 Å². The van der Waals surface area contributed by atoms with Crippen LogP contribution in [0.1, 0.15) is 5.56 Å². The summed E-state index contributed by atoms with van der Waals surface area (Å²) in [6.07, 6.45) is 0. The Morgan fingerprint density at radius 2 is 0.941 bits per heavy atom. The number of hydrogen-bond acceptors (Lipinski definition) is 4. The third-order valence-electron chi connectivity index (χ3n) is 6.36. The molecule has 1 radical (unpaired) electrons. The first-order chi connectivity index (χ1) is 16.7. The normalized spacial score (nSPS) is 19.9. The summed E-state index contributed by atoms with van der Waals surface area (Å²) < 4.78 is 0. The van der Waals surface area contributed by atoms with Crippen molar-refractivity contribution in [2.24, 2.45) is 0 Å². The van der Waals surface area contributed by atoms with Gasteiger partial charge in [-0.05, 0) is 61.0 Å². The molecule has 1 aliphatic heterocycles. The van der Waals surface area contributed by atoms with Crippen molar-refractivity contribution < 1.29 is 0 Å². The van der Waals surface area contributed by atoms with E-state index in [0.29, 0.717) is 0 Å². The van der Waals surface area contributed by atoms with Gasteiger partial charge in [0.2, 0.25) is 0 Å². The number of piperidine rings is 1. The minimum atomic E-state index is 0.158. The highest BCUT2D eigenvalue weighted by molar-refractivity contribution is 5.56. The maximum Gasteiger partial charge on any atom is 0.0698 e. The molecule has 4 aromatic carbocycles. The molecule has 0 saturated carbocycles. The monoisotopic (exact) mass is 447 g/mol. The summed E-state index contributed by atoms with van der Waals surface area (Å²) in [7, 11) is 0. The van der Waals surface area contributed by atoms with Gasteiger partial charge in [0, 0.05) is 35.8 Å². The molecular formula is C30H31N4. The lowest BCUT2D eigenvalue weighted by Gasteiger charge is -2.46. The number of benzene rings is 4. The second-order valence-corrected chi connectivity index (χ2v) is 8.84. The van der Waals surface area contributed by atoms with Gasteiger partial charge in [-0.15, -0.1) is 0 Å². The fourth-order valence-electron chi connectivity index (χ4n) is 4.67. The standard InChI is InChI=1S/C30H31N4/c1-23-17-19-27(20-18-23)34-21-28(31-24-11-5-2-6-12-24)30(33-26-15-9-4-10-16-26)29(22-34)32-25-13-7-3-8-14-25/h2-20,28-33H,1,21-22H2. The van der Waals surface area contributed by atoms with Gasteiger partial charge in [-0.25, -0.2) is 0 Å². The Labute approximate surface area is 202 Å². The molecule has 0 spiro atoms. The van der Waals surface area contributed by atoms with Crippen LogP contribution in [0.5, 0.6) is 0 Å². The molecular weight excluding hydrogens is 416 g/mol. The molecule has 0 aliphatic carbocycles. The maximum atomic E-state index is 4.05. The molecule has 0 amide bonds. The van der Waals surface area contributed by atoms with Gasteiger partial charge in [0.25, 0.3) is 0 Å². The van der Waals surface area contributed by atoms with Crippen LogP contribution in [0.3, 0.4) is 0 Å². The van der Waals surface area contributed by atoms with Crippen LogP contribution < -0.4 is 20.9 Å². The van der Waals surface area contributed by atoms with Gasteiger partial charge in [0.15, 0.2) is 0 Å². The average Bonchev–Trinajstić information content (AvgIpc) is 2.88. The zero-order valence-corrected chi connectivity index (χ0v) is 19.3. The van der Waals surface area contributed by atoms with Crippen molar-refractivity contribution in [1.82, 2.24) is 0 Å². The van der Waals surface area contributed by atoms with Crippen LogP contribution in [-0.2, 0) is 0 Å². The Bertz CT molecular complexity index is 1100. The number of anilines is 4. The molecule has 1 aliphatic rings. The topological polar surface area (TPSA) is 39.3 Å². The molecule has 0 aromatic heterocycles. The van der Waals surface area contributed by atoms with Crippen molar-refractivity contribution >= 4 is 22.7 Å². The molecule has 1 heterocycles. The summed E-state index contributed by atoms with van der Waals surface area (Å²) in [6.45, 7) is 5.81. The molecule has 5 rings (SSSR count). The van der Waals surface area contributed by atoms with E-state index in [1.54, 1.807) is 0 Å². The molecule has 4 nitrogen and oxygen atoms in total. The zero-order valence-electron chi connectivity index (χ0n) is 19.3. The molecule has 4 heteroatoms. The minimum absolute atomic E-state index is 0.158. The fraction of sp³-hybridized carbons (Fsp3) is 0.167. The lowest BCUT2D eigenvalue weighted by molar-refractivity contribution is 0.447. The van der Waals surface area contributed by atoms with E-state index in [4.69, 9.17) is 0 Å². The smallest absolute Gasteiger partial charge is 0.0698 e. The maximum absolute atomic E-state index is 4.05. The summed E-state index contributed by atoms with van der Waals surface area (Å²) >= 11 is 0. The Morgan fingerprint density at radius 1 is 0.529 bits per heavy atom. The van der Waals surface area contributed by atoms with Gasteiger partial charge in [-0.1, -0.05) is 66.7 Å². The van der Waals surface area contributed by atoms with Gasteiger partial charge < -0.3 is 20.9 Å². The number of nitrogens with zero attached hydrogens (tertiary/aromatic N) is 1. The summed E-state index contributed by atoms with van der Waals surface area (Å²) in [5.74, 6) is 0. The van der Waals surface area contributed by atoms with Gasteiger partial charge in [-0.3, -0.25) is 0 Å². The van der Waals surface area contributed by atoms with E-state index >= 15 is 0 Å². The van der Waals surface area contributed by atoms with E-state index in [1.807, 2.05) is 0 Å². The molecule has 34 heavy (non-hydrogen) atoms. The third kappa shape index (κ3) is 5.34. The van der Waals surface area contributed by atoms with Gasteiger partial charge in [0.05, 0.1) is 18.1 Å². The molecule has 0 bridgehead atoms. The van der Waals surface area contributed by atoms with E-state index in [1.165, 1.54) is 5.69 Å². The van der Waals surface area contributed by atoms with Crippen LogP contribution in [-0.4, -0.2) is 31.2 Å². The van der Waals surface area contributed by atoms with E-state index in [9.17, 15) is 0 Å². The van der Waals surface area contributed by atoms with Crippen LogP contribution in [0.4, 0.5) is 22.7 Å². The molecule has 4 aromatic rings. The summed E-state index contributed by atoms with van der Waals surface area (Å²) in [6, 6.07) is 40.5. The predicted octanol–water partition coefficient (Wildman–Crippen LogP) is 6.13. The largest absolute Gasteiger partial charge is 0.378 e. The van der Waals surface area contributed by atoms with Crippen molar-refractivity contribution in [2.75, 3.05) is 33.9 Å². The molecule has 1 saturated heterocycles. The van der Waals surface area contributed by atoms with Gasteiger partial charge in [0.1, 0.15) is 0 Å². The first kappa shape index (κ1) is 21.9. The molecule has 3 N–H and O–H groups in total. The van der Waals surface area contributed by atoms with E-state index in [-0.39, 0.29) is 18.1 Å². The quantitative estimate of drug-likeness (QED) is 0.319. The lowest BCUT2D eigenvalue weighted by atomic mass is 9.92. The highest BCUT2D eigenvalue weighted by Gasteiger charge is 2.37. The summed E-state index contributed by atoms with van der Waals surface area (Å²) in [5, 5.41) is 11.5. The van der Waals surface area contributed by atoms with Crippen molar-refractivity contribution in [2.45, 2.75) is 18.1 Å². The first-order valence-corrected chi connectivity index (χ1v) is 11.9. The lowest BCUT2D eigenvalue weighted by Crippen LogP contribution is -2.63. The Hall–Kier alpha value is -3.92. The second-order valence-electron chi connectivity index (χ2n) is 8.84. The van der Waals surface area contributed by atoms with E-state index < -0.39 is 0 Å². The first-order valence-electron chi connectivity index (χ1n) is 11.9. The Balaban J connectivity index is 1.49. The highest BCUT2D eigenvalue weighted by Crippen LogP contribution is 2.27. The van der Waals surface area contributed by atoms with E-state index in [2.05, 4.69) is 143 Å². The number of hydrogen-bond donors (Lipinski definition) is 3. The van der Waals surface area contributed by atoms with Gasteiger partial charge >= 0.3 is 0 Å². The van der Waals surface area contributed by atoms with Crippen molar-refractivity contribution in [1.29, 1.82) is 0 Å². The third-order valence-corrected chi connectivity index (χ3v) is 6.36. The molecule has 1 fully saturated rings. The van der Waals surface area contributed by atoms with Crippen molar-refractivity contribution in [3.8, 4) is 0 Å². The molecule has 171 valence electrons. The van der Waals surface area contributed by atoms with E-state index in [0.717, 1.165) is 35.7 Å². The average molecular weight is 448 g/mol. The minimum Gasteiger partial charge on any atom is -0.378 e. The predicted molar refractivity (Wildman–Crippen MR) is 145 cm³/mol. The van der Waals surface area contributed by atoms with Crippen molar-refractivity contribution in [3.63, 3.8) is 0 Å². The summed E-state index contributed by atoms with van der Waals surface area (Å²) in [4.78, 5) is 2.46.